The standard InChI is InChI=1S/C22H24N2O2/c1-15(2)14-24-21(25)19(17-12-10-16(3)11-13-17)20(22(24)26)23(4)18-8-6-5-7-9-18/h5-13,15H,14H2,1-4H3. The topological polar surface area (TPSA) is 40.6 Å². The van der Waals surface area contributed by atoms with E-state index in [2.05, 4.69) is 0 Å². The molecular formula is C22H24N2O2. The van der Waals surface area contributed by atoms with Crippen LogP contribution in [0.2, 0.25) is 0 Å². The van der Waals surface area contributed by atoms with Crippen molar-refractivity contribution in [1.82, 2.24) is 4.90 Å². The lowest BCUT2D eigenvalue weighted by atomic mass is 10.0. The van der Waals surface area contributed by atoms with Gasteiger partial charge in [0.2, 0.25) is 0 Å². The van der Waals surface area contributed by atoms with Gasteiger partial charge in [-0.25, -0.2) is 0 Å². The number of rotatable bonds is 5. The number of benzene rings is 2. The maximum Gasteiger partial charge on any atom is 0.278 e. The smallest absolute Gasteiger partial charge is 0.278 e. The molecule has 4 heteroatoms. The van der Waals surface area contributed by atoms with Gasteiger partial charge in [-0.15, -0.1) is 0 Å². The van der Waals surface area contributed by atoms with E-state index in [1.54, 1.807) is 0 Å². The molecule has 0 saturated carbocycles. The van der Waals surface area contributed by atoms with E-state index in [0.29, 0.717) is 17.8 Å². The van der Waals surface area contributed by atoms with E-state index in [-0.39, 0.29) is 17.7 Å². The zero-order valence-electron chi connectivity index (χ0n) is 15.7. The lowest BCUT2D eigenvalue weighted by Gasteiger charge is -2.22. The minimum Gasteiger partial charge on any atom is -0.339 e. The first kappa shape index (κ1) is 17.9. The van der Waals surface area contributed by atoms with Crippen molar-refractivity contribution in [2.24, 2.45) is 5.92 Å². The zero-order chi connectivity index (χ0) is 18.8. The average Bonchev–Trinajstić information content (AvgIpc) is 2.87. The zero-order valence-corrected chi connectivity index (χ0v) is 15.7. The van der Waals surface area contributed by atoms with Crippen LogP contribution in [0.15, 0.2) is 60.3 Å². The summed E-state index contributed by atoms with van der Waals surface area (Å²) in [6.07, 6.45) is 0. The fourth-order valence-corrected chi connectivity index (χ4v) is 3.17. The molecule has 26 heavy (non-hydrogen) atoms. The van der Waals surface area contributed by atoms with Gasteiger partial charge < -0.3 is 4.90 Å². The molecule has 0 aliphatic carbocycles. The summed E-state index contributed by atoms with van der Waals surface area (Å²) in [7, 11) is 1.84. The summed E-state index contributed by atoms with van der Waals surface area (Å²) < 4.78 is 0. The van der Waals surface area contributed by atoms with Crippen LogP contribution in [0.3, 0.4) is 0 Å². The molecule has 0 radical (unpaired) electrons. The highest BCUT2D eigenvalue weighted by atomic mass is 16.2. The van der Waals surface area contributed by atoms with Gasteiger partial charge in [0, 0.05) is 19.3 Å². The summed E-state index contributed by atoms with van der Waals surface area (Å²) in [6.45, 7) is 6.43. The maximum absolute atomic E-state index is 13.1. The minimum absolute atomic E-state index is 0.212. The van der Waals surface area contributed by atoms with Crippen molar-refractivity contribution >= 4 is 23.1 Å². The second kappa shape index (κ2) is 7.16. The number of anilines is 1. The molecule has 0 saturated heterocycles. The van der Waals surface area contributed by atoms with E-state index >= 15 is 0 Å². The predicted molar refractivity (Wildman–Crippen MR) is 105 cm³/mol. The molecule has 0 spiro atoms. The van der Waals surface area contributed by atoms with Crippen molar-refractivity contribution in [3.8, 4) is 0 Å². The number of likely N-dealkylation sites (N-methyl/N-ethyl adjacent to an activating group) is 1. The van der Waals surface area contributed by atoms with Crippen LogP contribution < -0.4 is 4.90 Å². The van der Waals surface area contributed by atoms with E-state index in [0.717, 1.165) is 16.8 Å². The second-order valence-electron chi connectivity index (χ2n) is 7.10. The molecule has 4 nitrogen and oxygen atoms in total. The molecule has 134 valence electrons. The van der Waals surface area contributed by atoms with E-state index < -0.39 is 0 Å². The molecule has 2 aromatic rings. The molecule has 2 aromatic carbocycles. The monoisotopic (exact) mass is 348 g/mol. The maximum atomic E-state index is 13.1. The molecule has 3 rings (SSSR count). The molecule has 1 aliphatic heterocycles. The molecule has 0 bridgehead atoms. The minimum atomic E-state index is -0.231. The van der Waals surface area contributed by atoms with Gasteiger partial charge in [-0.1, -0.05) is 61.9 Å². The highest BCUT2D eigenvalue weighted by Crippen LogP contribution is 2.33. The Kier molecular flexibility index (Phi) is 4.94. The first-order chi connectivity index (χ1) is 12.4. The molecule has 1 heterocycles. The van der Waals surface area contributed by atoms with Gasteiger partial charge in [-0.3, -0.25) is 14.5 Å². The Morgan fingerprint density at radius 1 is 0.923 bits per heavy atom. The Hall–Kier alpha value is -2.88. The summed E-state index contributed by atoms with van der Waals surface area (Å²) >= 11 is 0. The fraction of sp³-hybridized carbons (Fsp3) is 0.273. The summed E-state index contributed by atoms with van der Waals surface area (Å²) in [5.41, 5.74) is 3.67. The molecule has 1 aliphatic rings. The van der Waals surface area contributed by atoms with Crippen LogP contribution in [0.1, 0.15) is 25.0 Å². The molecular weight excluding hydrogens is 324 g/mol. The van der Waals surface area contributed by atoms with Crippen molar-refractivity contribution < 1.29 is 9.59 Å². The number of hydrogen-bond acceptors (Lipinski definition) is 3. The molecule has 0 N–H and O–H groups in total. The van der Waals surface area contributed by atoms with Crippen LogP contribution in [0.25, 0.3) is 5.57 Å². The number of aryl methyl sites for hydroxylation is 1. The van der Waals surface area contributed by atoms with Gasteiger partial charge in [0.15, 0.2) is 0 Å². The van der Waals surface area contributed by atoms with Gasteiger partial charge in [0.1, 0.15) is 5.70 Å². The van der Waals surface area contributed by atoms with Crippen LogP contribution in [-0.4, -0.2) is 30.3 Å². The quantitative estimate of drug-likeness (QED) is 0.770. The Balaban J connectivity index is 2.13. The van der Waals surface area contributed by atoms with Crippen LogP contribution >= 0.6 is 0 Å². The van der Waals surface area contributed by atoms with Gasteiger partial charge in [-0.2, -0.15) is 0 Å². The first-order valence-corrected chi connectivity index (χ1v) is 8.86. The Morgan fingerprint density at radius 2 is 1.54 bits per heavy atom. The normalized spacial score (nSPS) is 14.6. The molecule has 0 atom stereocenters. The van der Waals surface area contributed by atoms with E-state index in [1.807, 2.05) is 87.3 Å². The average molecular weight is 348 g/mol. The van der Waals surface area contributed by atoms with Crippen molar-refractivity contribution in [3.05, 3.63) is 71.4 Å². The van der Waals surface area contributed by atoms with Crippen LogP contribution in [-0.2, 0) is 9.59 Å². The summed E-state index contributed by atoms with van der Waals surface area (Å²) in [5, 5.41) is 0. The van der Waals surface area contributed by atoms with Crippen LogP contribution in [0.5, 0.6) is 0 Å². The number of carbonyl (C=O) groups excluding carboxylic acids is 2. The van der Waals surface area contributed by atoms with Crippen molar-refractivity contribution in [2.45, 2.75) is 20.8 Å². The Bertz CT molecular complexity index is 851. The highest BCUT2D eigenvalue weighted by Gasteiger charge is 2.41. The number of nitrogens with zero attached hydrogens (tertiary/aromatic N) is 2. The summed E-state index contributed by atoms with van der Waals surface area (Å²) in [5.74, 6) is -0.237. The predicted octanol–water partition coefficient (Wildman–Crippen LogP) is 3.87. The molecule has 2 amide bonds. The Morgan fingerprint density at radius 3 is 2.12 bits per heavy atom. The second-order valence-corrected chi connectivity index (χ2v) is 7.10. The Labute approximate surface area is 154 Å². The van der Waals surface area contributed by atoms with E-state index in [4.69, 9.17) is 0 Å². The van der Waals surface area contributed by atoms with E-state index in [9.17, 15) is 9.59 Å². The number of amides is 2. The number of hydrogen-bond donors (Lipinski definition) is 0. The van der Waals surface area contributed by atoms with Crippen molar-refractivity contribution in [1.29, 1.82) is 0 Å². The number of para-hydroxylation sites is 1. The third-order valence-electron chi connectivity index (χ3n) is 4.51. The van der Waals surface area contributed by atoms with Crippen LogP contribution in [0.4, 0.5) is 5.69 Å². The van der Waals surface area contributed by atoms with Gasteiger partial charge in [0.05, 0.1) is 5.57 Å². The molecule has 0 fully saturated rings. The third-order valence-corrected chi connectivity index (χ3v) is 4.51. The summed E-state index contributed by atoms with van der Waals surface area (Å²) in [6, 6.07) is 17.4. The first-order valence-electron chi connectivity index (χ1n) is 8.86. The highest BCUT2D eigenvalue weighted by molar-refractivity contribution is 6.36. The van der Waals surface area contributed by atoms with Gasteiger partial charge in [0.25, 0.3) is 11.8 Å². The lowest BCUT2D eigenvalue weighted by molar-refractivity contribution is -0.137. The van der Waals surface area contributed by atoms with Crippen molar-refractivity contribution in [2.75, 3.05) is 18.5 Å². The largest absolute Gasteiger partial charge is 0.339 e. The molecule has 0 unspecified atom stereocenters. The van der Waals surface area contributed by atoms with Gasteiger partial charge >= 0.3 is 0 Å². The SMILES string of the molecule is Cc1ccc(C2=C(N(C)c3ccccc3)C(=O)N(CC(C)C)C2=O)cc1. The van der Waals surface area contributed by atoms with Gasteiger partial charge in [-0.05, 0) is 30.5 Å². The molecule has 0 aromatic heterocycles. The third kappa shape index (κ3) is 3.27. The lowest BCUT2D eigenvalue weighted by Crippen LogP contribution is -2.36. The summed E-state index contributed by atoms with van der Waals surface area (Å²) in [4.78, 5) is 29.4. The van der Waals surface area contributed by atoms with E-state index in [1.165, 1.54) is 4.90 Å². The number of carbonyl (C=O) groups is 2. The number of imide groups is 1. The fourth-order valence-electron chi connectivity index (χ4n) is 3.17. The van der Waals surface area contributed by atoms with Crippen molar-refractivity contribution in [3.63, 3.8) is 0 Å². The van der Waals surface area contributed by atoms with Crippen LogP contribution in [0, 0.1) is 12.8 Å².